The van der Waals surface area contributed by atoms with Crippen LogP contribution in [0.1, 0.15) is 14.9 Å². The summed E-state index contributed by atoms with van der Waals surface area (Å²) in [6, 6.07) is 72.0. The molecule has 0 aliphatic rings. The second-order valence-corrected chi connectivity index (χ2v) is 25.1. The number of ether oxygens (including phenoxy) is 1. The molecule has 25 heteroatoms. The van der Waals surface area contributed by atoms with Gasteiger partial charge in [0.05, 0.1) is 71.6 Å². The number of para-hydroxylation sites is 2. The Hall–Kier alpha value is -7.44. The molecule has 0 spiro atoms. The van der Waals surface area contributed by atoms with Crippen molar-refractivity contribution in [3.63, 3.8) is 0 Å². The summed E-state index contributed by atoms with van der Waals surface area (Å²) < 4.78 is 32.5. The van der Waals surface area contributed by atoms with Crippen molar-refractivity contribution in [2.75, 3.05) is 0 Å². The number of nitrogens with zero attached hydrogens (tertiary/aromatic N) is 12. The van der Waals surface area contributed by atoms with E-state index < -0.39 is 0 Å². The summed E-state index contributed by atoms with van der Waals surface area (Å²) in [5.74, 6) is 3.24. The number of pyridine rings is 10. The van der Waals surface area contributed by atoms with Gasteiger partial charge in [-0.1, -0.05) is 81.1 Å². The Labute approximate surface area is 756 Å². The number of nitrogens with one attached hydrogen (secondary N) is 1. The van der Waals surface area contributed by atoms with E-state index >= 15 is 0 Å². The molecule has 18 nitrogen and oxygen atoms in total. The number of aromatic amines is 1. The van der Waals surface area contributed by atoms with E-state index in [9.17, 15) is 9.50 Å². The van der Waals surface area contributed by atoms with Crippen molar-refractivity contribution in [1.29, 1.82) is 1.43 Å². The third-order valence-electron chi connectivity index (χ3n) is 16.0. The minimum Gasteiger partial charge on any atom is -0.508 e. The number of H-pyrrole nitrogens is 1. The molecule has 0 saturated heterocycles. The van der Waals surface area contributed by atoms with E-state index in [4.69, 9.17) is 27.5 Å². The fourth-order valence-electron chi connectivity index (χ4n) is 11.9. The van der Waals surface area contributed by atoms with E-state index in [1.807, 2.05) is 171 Å². The molecular formula is C80H61Br2ClCs2FIN13O5+. The van der Waals surface area contributed by atoms with Crippen molar-refractivity contribution < 1.29 is 167 Å². The number of phenols is 1. The largest absolute Gasteiger partial charge is 1.00 e. The van der Waals surface area contributed by atoms with Crippen LogP contribution in [-0.2, 0) is 9.68 Å². The number of phenolic OH excluding ortho intramolecular Hbond substituents is 1. The summed E-state index contributed by atoms with van der Waals surface area (Å²) in [6.45, 7) is 0.0208. The van der Waals surface area contributed by atoms with Crippen LogP contribution in [-0.4, -0.2) is 79.6 Å². The Morgan fingerprint density at radius 2 is 1.03 bits per heavy atom. The molecule has 0 aliphatic heterocycles. The van der Waals surface area contributed by atoms with Crippen molar-refractivity contribution in [2.24, 2.45) is 0 Å². The van der Waals surface area contributed by atoms with Gasteiger partial charge in [0.2, 0.25) is 5.88 Å². The molecule has 0 atom stereocenters. The molecule has 19 aromatic rings. The van der Waals surface area contributed by atoms with Gasteiger partial charge in [-0.05, 0) is 200 Å². The number of rotatable bonds is 7. The number of benzene rings is 4. The number of carbonyl (C=O) groups is 1. The number of hydrogen-bond donors (Lipinski definition) is 3. The molecule has 0 amide bonds. The minimum absolute atomic E-state index is 0. The van der Waals surface area contributed by atoms with Crippen LogP contribution in [0.3, 0.4) is 0 Å². The van der Waals surface area contributed by atoms with Crippen LogP contribution in [0.2, 0.25) is 5.02 Å². The fourth-order valence-corrected chi connectivity index (χ4v) is 13.0. The summed E-state index contributed by atoms with van der Waals surface area (Å²) in [7, 11) is 1.75. The predicted octanol–water partition coefficient (Wildman–Crippen LogP) is 15.8. The summed E-state index contributed by atoms with van der Waals surface area (Å²) in [5.41, 5.74) is 12.5. The van der Waals surface area contributed by atoms with E-state index in [2.05, 4.69) is 208 Å². The van der Waals surface area contributed by atoms with Gasteiger partial charge in [0.1, 0.15) is 32.3 Å². The molecular weight excluding hydrogens is 1830 g/mol. The molecule has 0 bridgehead atoms. The van der Waals surface area contributed by atoms with Crippen LogP contribution in [0.5, 0.6) is 17.4 Å². The Kier molecular flexibility index (Phi) is 29.7. The van der Waals surface area contributed by atoms with Crippen molar-refractivity contribution >= 4 is 171 Å². The van der Waals surface area contributed by atoms with Gasteiger partial charge >= 0.3 is 144 Å². The minimum atomic E-state index is 0. The van der Waals surface area contributed by atoms with Gasteiger partial charge in [0.15, 0.2) is 0 Å². The van der Waals surface area contributed by atoms with Crippen LogP contribution in [0.4, 0.5) is 4.39 Å². The molecule has 0 radical (unpaired) electrons. The first kappa shape index (κ1) is 80.1. The zero-order chi connectivity index (χ0) is 70.5. The second-order valence-electron chi connectivity index (χ2n) is 21.9. The van der Waals surface area contributed by atoms with Crippen molar-refractivity contribution in [2.45, 2.75) is 14.9 Å². The second kappa shape index (κ2) is 38.9. The van der Waals surface area contributed by atoms with Crippen LogP contribution in [0, 0.1) is 10.7 Å². The first-order valence-corrected chi connectivity index (χ1v) is 33.9. The predicted molar refractivity (Wildman–Crippen MR) is 426 cm³/mol. The Bertz CT molecular complexity index is 6130. The van der Waals surface area contributed by atoms with E-state index in [1.165, 1.54) is 5.39 Å². The summed E-state index contributed by atoms with van der Waals surface area (Å²) in [6.07, 6.45) is 20.4. The van der Waals surface area contributed by atoms with Gasteiger partial charge in [0, 0.05) is 133 Å². The third kappa shape index (κ3) is 18.2. The third-order valence-corrected chi connectivity index (χ3v) is 18.5. The topological polar surface area (TPSA) is 214 Å². The maximum Gasteiger partial charge on any atom is 1.00 e. The Morgan fingerprint density at radius 3 is 1.56 bits per heavy atom. The number of carbonyl (C=O) groups excluding carboxylic acids is 1. The SMILES string of the molecule is Brc1ccc2c3cnccc3n3cccc3c2n1.Brc1cccc(-c2ccc[nH]2)n1.C.C.Clc1cnccc1I.Oc1ccc2c3ccccc3n(-c3ccccn3)c2c1.[2H]OOC=O.[CH2-]F.[Cs+].[Cs+].c1ccc(-n2c3ccccc3c3ccc(Oc4ccc5c6cnccc6n6cccc6c5n4)cc32)nc1. The molecule has 0 saturated carbocycles. The van der Waals surface area contributed by atoms with E-state index in [1.54, 1.807) is 37.9 Å². The number of halogens is 5. The summed E-state index contributed by atoms with van der Waals surface area (Å²) in [5, 5.41) is 22.5. The smallest absolute Gasteiger partial charge is 0.508 e. The monoisotopic (exact) mass is 1890 g/mol. The number of hydrogen-bond acceptors (Lipinski definition) is 13. The average molecular weight is 1890 g/mol. The molecule has 0 aliphatic carbocycles. The van der Waals surface area contributed by atoms with Crippen LogP contribution in [0.15, 0.2) is 296 Å². The molecule has 4 aromatic carbocycles. The fraction of sp³-hybridized carbons (Fsp3) is 0.0250. The van der Waals surface area contributed by atoms with Crippen LogP contribution < -0.4 is 143 Å². The molecule has 0 unspecified atom stereocenters. The average Bonchev–Trinajstić information content (AvgIpc) is 1.68. The molecule has 19 rings (SSSR count). The van der Waals surface area contributed by atoms with Crippen LogP contribution in [0.25, 0.3) is 123 Å². The van der Waals surface area contributed by atoms with Crippen molar-refractivity contribution in [3.8, 4) is 40.4 Å². The molecule has 0 fully saturated rings. The Morgan fingerprint density at radius 1 is 0.505 bits per heavy atom. The maximum absolute atomic E-state index is 9.79. The zero-order valence-electron chi connectivity index (χ0n) is 55.8. The number of aromatic hydroxyl groups is 1. The maximum atomic E-state index is 9.79. The van der Waals surface area contributed by atoms with Gasteiger partial charge in [-0.15, -0.1) is 0 Å². The first-order chi connectivity index (χ1) is 50.1. The van der Waals surface area contributed by atoms with Gasteiger partial charge in [-0.2, -0.15) is 7.18 Å². The molecule has 3 N–H and O–H groups in total. The number of fused-ring (bicyclic) bond motifs is 18. The van der Waals surface area contributed by atoms with Gasteiger partial charge in [-0.3, -0.25) is 28.9 Å². The summed E-state index contributed by atoms with van der Waals surface area (Å²) >= 11 is 14.5. The van der Waals surface area contributed by atoms with E-state index in [0.717, 1.165) is 129 Å². The summed E-state index contributed by atoms with van der Waals surface area (Å²) in [4.78, 5) is 50.6. The number of aromatic nitrogens is 13. The van der Waals surface area contributed by atoms with E-state index in [0.29, 0.717) is 16.7 Å². The molecule has 105 heavy (non-hydrogen) atoms. The standard InChI is InChI=1S/C31H19N5O.C17H12N2O.C14H8BrN3.C9H7BrN2.C5H3ClIN.CH2F.CH2O3.2CH4.2Cs/c1-2-7-26-21(6-1)22-11-10-20(18-28(22)36(26)29-9-3-4-15-33-29)37-30-13-12-23-24-19-32-16-14-25(24)35-17-5-8-27(35)31(23)34-30;20-12-8-9-14-13-5-1-2-6-15(13)19(16(14)11-12)17-7-3-4-10-18-17;15-13-4-3-9-10-8-16-6-5-11(10)18-7-1-2-12(18)14(9)17-13;10-9-5-1-3-8(12-9)7-4-2-6-11-7;6-4-3-8-2-1-5(4)7;1-2;2-1-4-3;;;;/h1-19H;1-11,20H;1-8H;1-6,11H;1-3H;1H2;1,3H;2*1H4;;/q;;;;;-1;;;;2*+1/i/hD. The molecule has 15 heterocycles. The van der Waals surface area contributed by atoms with Gasteiger partial charge in [-0.25, -0.2) is 30.2 Å². The first-order valence-electron chi connectivity index (χ1n) is 31.2. The van der Waals surface area contributed by atoms with Crippen molar-refractivity contribution in [3.05, 3.63) is 312 Å². The van der Waals surface area contributed by atoms with Gasteiger partial charge < -0.3 is 32.9 Å². The van der Waals surface area contributed by atoms with Crippen molar-refractivity contribution in [1.82, 2.24) is 62.8 Å². The van der Waals surface area contributed by atoms with Gasteiger partial charge in [0.25, 0.3) is 1.43 Å². The Balaban J connectivity index is 0.000000161. The van der Waals surface area contributed by atoms with E-state index in [-0.39, 0.29) is 165 Å². The molecule has 512 valence electrons. The quantitative estimate of drug-likeness (QED) is 0.0258. The normalized spacial score (nSPS) is 10.5. The zero-order valence-corrected chi connectivity index (χ0v) is 73.4. The van der Waals surface area contributed by atoms with Crippen LogP contribution >= 0.6 is 66.1 Å². The molecule has 15 aromatic heterocycles.